The van der Waals surface area contributed by atoms with Crippen LogP contribution in [0.15, 0.2) is 10.2 Å². The van der Waals surface area contributed by atoms with E-state index < -0.39 is 0 Å². The highest BCUT2D eigenvalue weighted by atomic mass is 35.5. The molecule has 16 heavy (non-hydrogen) atoms. The molecule has 0 saturated heterocycles. The van der Waals surface area contributed by atoms with Crippen molar-refractivity contribution < 1.29 is 0 Å². The van der Waals surface area contributed by atoms with Crippen LogP contribution in [0.5, 0.6) is 0 Å². The SMILES string of the molecule is CC(Cl)c1nc2scc(C3CC3)c2c(=O)[nH]1. The highest BCUT2D eigenvalue weighted by Crippen LogP contribution is 2.44. The van der Waals surface area contributed by atoms with E-state index >= 15 is 0 Å². The second-order valence-electron chi connectivity index (χ2n) is 4.21. The van der Waals surface area contributed by atoms with E-state index in [2.05, 4.69) is 15.3 Å². The van der Waals surface area contributed by atoms with Crippen LogP contribution in [0.1, 0.15) is 42.4 Å². The van der Waals surface area contributed by atoms with Gasteiger partial charge in [-0.15, -0.1) is 22.9 Å². The standard InChI is InChI=1S/C11H11ClN2OS/c1-5(12)9-13-10(15)8-7(6-2-3-6)4-16-11(8)14-9/h4-6H,2-3H2,1H3,(H,13,14,15). The van der Waals surface area contributed by atoms with Gasteiger partial charge < -0.3 is 4.98 Å². The van der Waals surface area contributed by atoms with Crippen molar-refractivity contribution in [1.29, 1.82) is 0 Å². The van der Waals surface area contributed by atoms with Crippen molar-refractivity contribution in [3.05, 3.63) is 27.1 Å². The number of H-pyrrole nitrogens is 1. The van der Waals surface area contributed by atoms with Crippen LogP contribution in [-0.4, -0.2) is 9.97 Å². The summed E-state index contributed by atoms with van der Waals surface area (Å²) in [6.07, 6.45) is 2.39. The van der Waals surface area contributed by atoms with Gasteiger partial charge in [-0.2, -0.15) is 0 Å². The minimum Gasteiger partial charge on any atom is -0.309 e. The number of alkyl halides is 1. The Morgan fingerprint density at radius 2 is 2.38 bits per heavy atom. The van der Waals surface area contributed by atoms with E-state index in [0.29, 0.717) is 11.7 Å². The molecule has 0 aromatic carbocycles. The molecule has 1 aliphatic rings. The first kappa shape index (κ1) is 10.3. The number of hydrogen-bond donors (Lipinski definition) is 1. The van der Waals surface area contributed by atoms with E-state index in [-0.39, 0.29) is 10.9 Å². The number of thiophene rings is 1. The Bertz CT molecular complexity index is 598. The molecular formula is C11H11ClN2OS. The summed E-state index contributed by atoms with van der Waals surface area (Å²) >= 11 is 7.47. The average Bonchev–Trinajstić information content (AvgIpc) is 2.98. The van der Waals surface area contributed by atoms with Crippen LogP contribution < -0.4 is 5.56 Å². The molecule has 3 rings (SSSR count). The molecule has 2 heterocycles. The Hall–Kier alpha value is -0.870. The Balaban J connectivity index is 2.26. The third kappa shape index (κ3) is 1.57. The van der Waals surface area contributed by atoms with Crippen LogP contribution in [0.25, 0.3) is 10.2 Å². The Morgan fingerprint density at radius 1 is 1.62 bits per heavy atom. The van der Waals surface area contributed by atoms with Gasteiger partial charge in [0.25, 0.3) is 5.56 Å². The van der Waals surface area contributed by atoms with E-state index in [4.69, 9.17) is 11.6 Å². The molecule has 1 fully saturated rings. The topological polar surface area (TPSA) is 45.8 Å². The fraction of sp³-hybridized carbons (Fsp3) is 0.455. The third-order valence-electron chi connectivity index (χ3n) is 2.88. The Kier molecular flexibility index (Phi) is 2.30. The van der Waals surface area contributed by atoms with Crippen molar-refractivity contribution in [1.82, 2.24) is 9.97 Å². The lowest BCUT2D eigenvalue weighted by Gasteiger charge is -2.02. The molecule has 1 unspecified atom stereocenters. The minimum absolute atomic E-state index is 0.0457. The fourth-order valence-electron chi connectivity index (χ4n) is 1.87. The molecule has 5 heteroatoms. The molecule has 0 spiro atoms. The highest BCUT2D eigenvalue weighted by molar-refractivity contribution is 7.16. The lowest BCUT2D eigenvalue weighted by atomic mass is 10.1. The molecule has 84 valence electrons. The molecule has 0 radical (unpaired) electrons. The molecule has 1 N–H and O–H groups in total. The first-order valence-electron chi connectivity index (χ1n) is 5.32. The molecule has 2 aromatic heterocycles. The molecule has 3 nitrogen and oxygen atoms in total. The quantitative estimate of drug-likeness (QED) is 0.837. The fourth-order valence-corrected chi connectivity index (χ4v) is 3.00. The molecule has 0 amide bonds. The highest BCUT2D eigenvalue weighted by Gasteiger charge is 2.28. The van der Waals surface area contributed by atoms with Crippen LogP contribution in [0.2, 0.25) is 0 Å². The van der Waals surface area contributed by atoms with Crippen LogP contribution in [0.4, 0.5) is 0 Å². The maximum atomic E-state index is 12.0. The number of aromatic amines is 1. The van der Waals surface area contributed by atoms with Gasteiger partial charge in [0.2, 0.25) is 0 Å². The van der Waals surface area contributed by atoms with Crippen molar-refractivity contribution >= 4 is 33.2 Å². The summed E-state index contributed by atoms with van der Waals surface area (Å²) in [4.78, 5) is 19.9. The first-order valence-corrected chi connectivity index (χ1v) is 6.64. The van der Waals surface area contributed by atoms with Gasteiger partial charge in [-0.3, -0.25) is 4.79 Å². The maximum absolute atomic E-state index is 12.0. The molecule has 0 aliphatic heterocycles. The normalized spacial score (nSPS) is 17.9. The maximum Gasteiger partial charge on any atom is 0.259 e. The van der Waals surface area contributed by atoms with Gasteiger partial charge in [-0.1, -0.05) is 0 Å². The van der Waals surface area contributed by atoms with Crippen molar-refractivity contribution in [3.8, 4) is 0 Å². The minimum atomic E-state index is -0.261. The van der Waals surface area contributed by atoms with Crippen molar-refractivity contribution in [2.24, 2.45) is 0 Å². The lowest BCUT2D eigenvalue weighted by molar-refractivity contribution is 0.915. The number of halogens is 1. The second kappa shape index (κ2) is 3.57. The second-order valence-corrected chi connectivity index (χ2v) is 5.73. The average molecular weight is 255 g/mol. The van der Waals surface area contributed by atoms with Gasteiger partial charge in [0.15, 0.2) is 0 Å². The summed E-state index contributed by atoms with van der Waals surface area (Å²) in [5, 5.41) is 2.57. The van der Waals surface area contributed by atoms with Crippen LogP contribution in [0, 0.1) is 0 Å². The molecule has 1 aliphatic carbocycles. The molecule has 1 atom stereocenters. The number of nitrogens with zero attached hydrogens (tertiary/aromatic N) is 1. The summed E-state index contributed by atoms with van der Waals surface area (Å²) in [7, 11) is 0. The van der Waals surface area contributed by atoms with Crippen LogP contribution in [-0.2, 0) is 0 Å². The van der Waals surface area contributed by atoms with Crippen molar-refractivity contribution in [2.75, 3.05) is 0 Å². The summed E-state index contributed by atoms with van der Waals surface area (Å²) < 4.78 is 0. The van der Waals surface area contributed by atoms with Crippen molar-refractivity contribution in [2.45, 2.75) is 31.1 Å². The van der Waals surface area contributed by atoms with E-state index in [1.165, 1.54) is 29.7 Å². The lowest BCUT2D eigenvalue weighted by Crippen LogP contribution is -2.12. The summed E-state index contributed by atoms with van der Waals surface area (Å²) in [5.74, 6) is 1.14. The van der Waals surface area contributed by atoms with Gasteiger partial charge in [0, 0.05) is 0 Å². The van der Waals surface area contributed by atoms with Crippen LogP contribution in [0.3, 0.4) is 0 Å². The summed E-state index contributed by atoms with van der Waals surface area (Å²) in [5.41, 5.74) is 1.12. The van der Waals surface area contributed by atoms with Gasteiger partial charge >= 0.3 is 0 Å². The predicted octanol–water partition coefficient (Wildman–Crippen LogP) is 3.16. The molecule has 2 aromatic rings. The molecule has 1 saturated carbocycles. The zero-order valence-corrected chi connectivity index (χ0v) is 10.4. The van der Waals surface area contributed by atoms with E-state index in [1.54, 1.807) is 6.92 Å². The van der Waals surface area contributed by atoms with E-state index in [9.17, 15) is 4.79 Å². The first-order chi connectivity index (χ1) is 7.66. The zero-order valence-electron chi connectivity index (χ0n) is 8.79. The number of rotatable bonds is 2. The van der Waals surface area contributed by atoms with Gasteiger partial charge in [-0.05, 0) is 36.6 Å². The monoisotopic (exact) mass is 254 g/mol. The van der Waals surface area contributed by atoms with Crippen molar-refractivity contribution in [3.63, 3.8) is 0 Å². The van der Waals surface area contributed by atoms with E-state index in [0.717, 1.165) is 10.2 Å². The van der Waals surface area contributed by atoms with Gasteiger partial charge in [0.05, 0.1) is 10.8 Å². The predicted molar refractivity (Wildman–Crippen MR) is 66.5 cm³/mol. The van der Waals surface area contributed by atoms with E-state index in [1.807, 2.05) is 0 Å². The number of nitrogens with one attached hydrogen (secondary N) is 1. The van der Waals surface area contributed by atoms with Gasteiger partial charge in [0.1, 0.15) is 10.7 Å². The number of aromatic nitrogens is 2. The Morgan fingerprint density at radius 3 is 3.00 bits per heavy atom. The van der Waals surface area contributed by atoms with Gasteiger partial charge in [-0.25, -0.2) is 4.98 Å². The summed E-state index contributed by atoms with van der Waals surface area (Å²) in [6.45, 7) is 1.81. The molecular weight excluding hydrogens is 244 g/mol. The number of hydrogen-bond acceptors (Lipinski definition) is 3. The molecule has 0 bridgehead atoms. The largest absolute Gasteiger partial charge is 0.309 e. The smallest absolute Gasteiger partial charge is 0.259 e. The number of fused-ring (bicyclic) bond motifs is 1. The third-order valence-corrected chi connectivity index (χ3v) is 3.98. The Labute approximate surface area is 101 Å². The zero-order chi connectivity index (χ0) is 11.3. The summed E-state index contributed by atoms with van der Waals surface area (Å²) in [6, 6.07) is 0. The van der Waals surface area contributed by atoms with Crippen LogP contribution >= 0.6 is 22.9 Å².